The Hall–Kier alpha value is -2.45. The lowest BCUT2D eigenvalue weighted by molar-refractivity contribution is -0.116. The van der Waals surface area contributed by atoms with E-state index in [9.17, 15) is 18.0 Å². The second-order valence-corrected chi connectivity index (χ2v) is 9.81. The summed E-state index contributed by atoms with van der Waals surface area (Å²) in [4.78, 5) is 25.2. The van der Waals surface area contributed by atoms with Crippen LogP contribution in [-0.4, -0.2) is 36.3 Å². The number of carbonyl (C=O) groups excluding carboxylic acids is 1. The van der Waals surface area contributed by atoms with Gasteiger partial charge in [0.25, 0.3) is 5.56 Å². The second kappa shape index (κ2) is 9.14. The monoisotopic (exact) mass is 431 g/mol. The van der Waals surface area contributed by atoms with Crippen LogP contribution < -0.4 is 10.9 Å². The van der Waals surface area contributed by atoms with Crippen molar-refractivity contribution in [2.75, 3.05) is 18.4 Å². The summed E-state index contributed by atoms with van der Waals surface area (Å²) < 4.78 is 28.5. The van der Waals surface area contributed by atoms with Crippen LogP contribution in [0.1, 0.15) is 37.8 Å². The molecule has 1 aliphatic rings. The quantitative estimate of drug-likeness (QED) is 0.762. The molecule has 0 unspecified atom stereocenters. The summed E-state index contributed by atoms with van der Waals surface area (Å²) in [5.74, 6) is 0.101. The minimum Gasteiger partial charge on any atom is -0.324 e. The molecule has 0 saturated carbocycles. The highest BCUT2D eigenvalue weighted by Crippen LogP contribution is 2.22. The Morgan fingerprint density at radius 1 is 1.17 bits per heavy atom. The summed E-state index contributed by atoms with van der Waals surface area (Å²) in [5, 5.41) is 2.87. The number of para-hydroxylation sites is 1. The van der Waals surface area contributed by atoms with Crippen LogP contribution in [-0.2, 0) is 27.8 Å². The SMILES string of the molecule is CCc1cccc(C)c1NC(=O)Cn1cccc(S(=O)(=O)N2CCC(C)CC2)c1=O. The first-order valence-corrected chi connectivity index (χ1v) is 11.8. The number of aromatic nitrogens is 1. The molecule has 8 heteroatoms. The summed E-state index contributed by atoms with van der Waals surface area (Å²) in [6, 6.07) is 8.61. The minimum atomic E-state index is -3.88. The van der Waals surface area contributed by atoms with Crippen LogP contribution in [0.15, 0.2) is 46.2 Å². The molecule has 0 aliphatic carbocycles. The van der Waals surface area contributed by atoms with Gasteiger partial charge in [-0.15, -0.1) is 0 Å². The Morgan fingerprint density at radius 2 is 1.87 bits per heavy atom. The fourth-order valence-electron chi connectivity index (χ4n) is 3.74. The van der Waals surface area contributed by atoms with Gasteiger partial charge in [-0.1, -0.05) is 32.0 Å². The van der Waals surface area contributed by atoms with Gasteiger partial charge in [0.05, 0.1) is 0 Å². The maximum atomic E-state index is 13.0. The number of benzene rings is 1. The summed E-state index contributed by atoms with van der Waals surface area (Å²) in [7, 11) is -3.88. The van der Waals surface area contributed by atoms with Gasteiger partial charge in [0.2, 0.25) is 15.9 Å². The third-order valence-electron chi connectivity index (χ3n) is 5.66. The van der Waals surface area contributed by atoms with E-state index in [1.54, 1.807) is 0 Å². The molecular weight excluding hydrogens is 402 g/mol. The molecule has 162 valence electrons. The van der Waals surface area contributed by atoms with Crippen LogP contribution in [0.4, 0.5) is 5.69 Å². The highest BCUT2D eigenvalue weighted by Gasteiger charge is 2.30. The zero-order valence-corrected chi connectivity index (χ0v) is 18.5. The highest BCUT2D eigenvalue weighted by molar-refractivity contribution is 7.89. The third-order valence-corrected chi connectivity index (χ3v) is 7.58. The Bertz CT molecular complexity index is 1080. The highest BCUT2D eigenvalue weighted by atomic mass is 32.2. The second-order valence-electron chi connectivity index (χ2n) is 7.90. The largest absolute Gasteiger partial charge is 0.324 e. The fourth-order valence-corrected chi connectivity index (χ4v) is 5.29. The van der Waals surface area contributed by atoms with E-state index < -0.39 is 15.6 Å². The fraction of sp³-hybridized carbons (Fsp3) is 0.455. The minimum absolute atomic E-state index is 0.253. The van der Waals surface area contributed by atoms with Gasteiger partial charge in [-0.2, -0.15) is 4.31 Å². The zero-order valence-electron chi connectivity index (χ0n) is 17.7. The first-order chi connectivity index (χ1) is 14.2. The summed E-state index contributed by atoms with van der Waals surface area (Å²) in [6.45, 7) is 6.57. The molecule has 1 N–H and O–H groups in total. The van der Waals surface area contributed by atoms with Crippen molar-refractivity contribution in [2.45, 2.75) is 51.5 Å². The van der Waals surface area contributed by atoms with E-state index in [-0.39, 0.29) is 17.3 Å². The number of hydrogen-bond donors (Lipinski definition) is 1. The van der Waals surface area contributed by atoms with Crippen LogP contribution in [0.2, 0.25) is 0 Å². The van der Waals surface area contributed by atoms with Crippen LogP contribution >= 0.6 is 0 Å². The summed E-state index contributed by atoms with van der Waals surface area (Å²) in [5.41, 5.74) is 2.01. The molecule has 0 radical (unpaired) electrons. The van der Waals surface area contributed by atoms with E-state index in [4.69, 9.17) is 0 Å². The lowest BCUT2D eigenvalue weighted by Crippen LogP contribution is -2.41. The van der Waals surface area contributed by atoms with Gasteiger partial charge in [0.1, 0.15) is 11.4 Å². The third kappa shape index (κ3) is 4.65. The molecule has 2 heterocycles. The maximum absolute atomic E-state index is 13.0. The number of pyridine rings is 1. The number of amides is 1. The van der Waals surface area contributed by atoms with E-state index in [1.165, 1.54) is 22.6 Å². The lowest BCUT2D eigenvalue weighted by Gasteiger charge is -2.29. The predicted molar refractivity (Wildman–Crippen MR) is 117 cm³/mol. The normalized spacial score (nSPS) is 15.8. The number of nitrogens with one attached hydrogen (secondary N) is 1. The van der Waals surface area contributed by atoms with Gasteiger partial charge in [-0.25, -0.2) is 8.42 Å². The van der Waals surface area contributed by atoms with Gasteiger partial charge >= 0.3 is 0 Å². The van der Waals surface area contributed by atoms with Gasteiger partial charge in [0, 0.05) is 25.0 Å². The predicted octanol–water partition coefficient (Wildman–Crippen LogP) is 2.78. The summed E-state index contributed by atoms with van der Waals surface area (Å²) >= 11 is 0. The number of aryl methyl sites for hydroxylation is 2. The van der Waals surface area contributed by atoms with Crippen molar-refractivity contribution in [1.82, 2.24) is 8.87 Å². The lowest BCUT2D eigenvalue weighted by atomic mass is 10.0. The van der Waals surface area contributed by atoms with Crippen molar-refractivity contribution in [3.05, 3.63) is 58.0 Å². The van der Waals surface area contributed by atoms with E-state index >= 15 is 0 Å². The molecule has 1 saturated heterocycles. The number of carbonyl (C=O) groups is 1. The van der Waals surface area contributed by atoms with Gasteiger partial charge < -0.3 is 9.88 Å². The van der Waals surface area contributed by atoms with Crippen molar-refractivity contribution in [3.8, 4) is 0 Å². The van der Waals surface area contributed by atoms with Crippen molar-refractivity contribution < 1.29 is 13.2 Å². The van der Waals surface area contributed by atoms with Gasteiger partial charge in [-0.3, -0.25) is 9.59 Å². The molecule has 1 aliphatic heterocycles. The first-order valence-electron chi connectivity index (χ1n) is 10.3. The van der Waals surface area contributed by atoms with E-state index in [1.807, 2.05) is 32.0 Å². The number of sulfonamides is 1. The van der Waals surface area contributed by atoms with Crippen molar-refractivity contribution in [1.29, 1.82) is 0 Å². The molecule has 2 aromatic rings. The molecule has 1 aromatic heterocycles. The Morgan fingerprint density at radius 3 is 2.53 bits per heavy atom. The van der Waals surface area contributed by atoms with Crippen LogP contribution in [0.25, 0.3) is 0 Å². The average Bonchev–Trinajstić information content (AvgIpc) is 2.71. The molecule has 1 amide bonds. The number of rotatable bonds is 6. The zero-order chi connectivity index (χ0) is 21.9. The Balaban J connectivity index is 1.82. The van der Waals surface area contributed by atoms with Gasteiger partial charge in [0.15, 0.2) is 0 Å². The smallest absolute Gasteiger partial charge is 0.271 e. The molecule has 0 atom stereocenters. The van der Waals surface area contributed by atoms with E-state index in [0.717, 1.165) is 40.6 Å². The van der Waals surface area contributed by atoms with E-state index in [0.29, 0.717) is 19.0 Å². The summed E-state index contributed by atoms with van der Waals surface area (Å²) in [6.07, 6.45) is 3.76. The van der Waals surface area contributed by atoms with Crippen LogP contribution in [0, 0.1) is 12.8 Å². The number of nitrogens with zero attached hydrogens (tertiary/aromatic N) is 2. The van der Waals surface area contributed by atoms with Crippen LogP contribution in [0.5, 0.6) is 0 Å². The van der Waals surface area contributed by atoms with Crippen LogP contribution in [0.3, 0.4) is 0 Å². The Kier molecular flexibility index (Phi) is 6.77. The molecule has 7 nitrogen and oxygen atoms in total. The van der Waals surface area contributed by atoms with Gasteiger partial charge in [-0.05, 0) is 55.4 Å². The molecule has 0 bridgehead atoms. The van der Waals surface area contributed by atoms with E-state index in [2.05, 4.69) is 12.2 Å². The topological polar surface area (TPSA) is 88.5 Å². The molecule has 3 rings (SSSR count). The molecule has 0 spiro atoms. The van der Waals surface area contributed by atoms with Crippen molar-refractivity contribution in [3.63, 3.8) is 0 Å². The maximum Gasteiger partial charge on any atom is 0.271 e. The standard InChI is InChI=1S/C22H29N3O4S/c1-4-18-8-5-7-17(3)21(18)23-20(26)15-24-12-6-9-19(22(24)27)30(28,29)25-13-10-16(2)11-14-25/h5-9,12,16H,4,10-11,13-15H2,1-3H3,(H,23,26). The molecule has 1 fully saturated rings. The number of anilines is 1. The average molecular weight is 432 g/mol. The van der Waals surface area contributed by atoms with Crippen molar-refractivity contribution >= 4 is 21.6 Å². The molecule has 1 aromatic carbocycles. The number of hydrogen-bond acceptors (Lipinski definition) is 4. The first kappa shape index (κ1) is 22.2. The molecular formula is C22H29N3O4S. The van der Waals surface area contributed by atoms with Crippen molar-refractivity contribution in [2.24, 2.45) is 5.92 Å². The Labute approximate surface area is 177 Å². The molecule has 30 heavy (non-hydrogen) atoms. The number of piperidine rings is 1.